The molecule has 2 heterocycles. The number of carbonyl (C=O) groups is 1. The minimum Gasteiger partial charge on any atom is -0.379 e. The van der Waals surface area contributed by atoms with Crippen molar-refractivity contribution in [2.45, 2.75) is 11.8 Å². The lowest BCUT2D eigenvalue weighted by Gasteiger charge is -2.29. The lowest BCUT2D eigenvalue weighted by atomic mass is 10.1. The maximum absolute atomic E-state index is 13.4. The molecule has 4 rings (SSSR count). The molecule has 1 fully saturated rings. The summed E-state index contributed by atoms with van der Waals surface area (Å²) in [7, 11) is 0. The zero-order chi connectivity index (χ0) is 20.2. The van der Waals surface area contributed by atoms with E-state index >= 15 is 0 Å². The van der Waals surface area contributed by atoms with Gasteiger partial charge in [0.15, 0.2) is 5.13 Å². The number of aromatic nitrogens is 1. The van der Waals surface area contributed by atoms with Crippen molar-refractivity contribution in [3.8, 4) is 0 Å². The first-order valence-electron chi connectivity index (χ1n) is 9.78. The number of thioether (sulfide) groups is 1. The highest BCUT2D eigenvalue weighted by molar-refractivity contribution is 7.98. The first kappa shape index (κ1) is 20.3. The van der Waals surface area contributed by atoms with E-state index in [9.17, 15) is 4.79 Å². The minimum absolute atomic E-state index is 0.00622. The Morgan fingerprint density at radius 3 is 2.79 bits per heavy atom. The van der Waals surface area contributed by atoms with Crippen LogP contribution in [-0.4, -0.2) is 61.4 Å². The van der Waals surface area contributed by atoms with Gasteiger partial charge in [-0.1, -0.05) is 35.1 Å². The third-order valence-electron chi connectivity index (χ3n) is 5.08. The van der Waals surface area contributed by atoms with Crippen molar-refractivity contribution in [3.05, 3.63) is 53.6 Å². The quantitative estimate of drug-likeness (QED) is 0.549. The largest absolute Gasteiger partial charge is 0.379 e. The number of anilines is 1. The molecule has 0 aliphatic carbocycles. The summed E-state index contributed by atoms with van der Waals surface area (Å²) in [6, 6.07) is 14.0. The number of ether oxygens (including phenoxy) is 1. The number of hydrogen-bond donors (Lipinski definition) is 0. The van der Waals surface area contributed by atoms with Crippen molar-refractivity contribution < 1.29 is 9.53 Å². The Bertz CT molecular complexity index is 999. The van der Waals surface area contributed by atoms with Gasteiger partial charge in [-0.3, -0.25) is 14.6 Å². The molecule has 29 heavy (non-hydrogen) atoms. The molecule has 7 heteroatoms. The van der Waals surface area contributed by atoms with E-state index in [4.69, 9.17) is 9.72 Å². The third-order valence-corrected chi connectivity index (χ3v) is 6.89. The first-order chi connectivity index (χ1) is 14.2. The Kier molecular flexibility index (Phi) is 6.50. The SMILES string of the molecule is CSc1cccc2sc(N(CCN3CCOCC3)C(=O)c3cccc(C)c3)nc12. The van der Waals surface area contributed by atoms with Crippen molar-refractivity contribution in [1.29, 1.82) is 0 Å². The Morgan fingerprint density at radius 1 is 1.24 bits per heavy atom. The number of fused-ring (bicyclic) bond motifs is 1. The number of rotatable bonds is 6. The van der Waals surface area contributed by atoms with E-state index in [0.29, 0.717) is 12.1 Å². The van der Waals surface area contributed by atoms with Gasteiger partial charge < -0.3 is 4.74 Å². The highest BCUT2D eigenvalue weighted by atomic mass is 32.2. The van der Waals surface area contributed by atoms with Crippen molar-refractivity contribution in [2.24, 2.45) is 0 Å². The van der Waals surface area contributed by atoms with Crippen LogP contribution in [0.5, 0.6) is 0 Å². The average Bonchev–Trinajstić information content (AvgIpc) is 3.18. The van der Waals surface area contributed by atoms with E-state index in [2.05, 4.69) is 29.4 Å². The van der Waals surface area contributed by atoms with Gasteiger partial charge in [0.2, 0.25) is 0 Å². The molecule has 0 spiro atoms. The molecule has 0 saturated carbocycles. The maximum atomic E-state index is 13.4. The Balaban J connectivity index is 1.66. The molecule has 1 aliphatic rings. The molecule has 0 bridgehead atoms. The summed E-state index contributed by atoms with van der Waals surface area (Å²) in [5.41, 5.74) is 2.77. The summed E-state index contributed by atoms with van der Waals surface area (Å²) in [4.78, 5) is 23.7. The molecule has 0 unspecified atom stereocenters. The molecular weight excluding hydrogens is 402 g/mol. The first-order valence-corrected chi connectivity index (χ1v) is 11.8. The van der Waals surface area contributed by atoms with Gasteiger partial charge in [-0.15, -0.1) is 11.8 Å². The summed E-state index contributed by atoms with van der Waals surface area (Å²) in [5, 5.41) is 0.765. The van der Waals surface area contributed by atoms with Gasteiger partial charge in [-0.05, 0) is 37.4 Å². The molecule has 2 aromatic carbocycles. The smallest absolute Gasteiger partial charge is 0.260 e. The monoisotopic (exact) mass is 427 g/mol. The van der Waals surface area contributed by atoms with Crippen LogP contribution in [0.1, 0.15) is 15.9 Å². The minimum atomic E-state index is 0.00622. The van der Waals surface area contributed by atoms with Gasteiger partial charge in [0.05, 0.1) is 23.4 Å². The summed E-state index contributed by atoms with van der Waals surface area (Å²) in [6.45, 7) is 6.75. The van der Waals surface area contributed by atoms with Gasteiger partial charge >= 0.3 is 0 Å². The molecule has 1 amide bonds. The van der Waals surface area contributed by atoms with Gasteiger partial charge in [-0.2, -0.15) is 0 Å². The van der Waals surface area contributed by atoms with Gasteiger partial charge in [0.25, 0.3) is 5.91 Å². The third kappa shape index (κ3) is 4.64. The van der Waals surface area contributed by atoms with E-state index in [1.165, 1.54) is 0 Å². The second-order valence-electron chi connectivity index (χ2n) is 7.08. The highest BCUT2D eigenvalue weighted by Crippen LogP contribution is 2.34. The van der Waals surface area contributed by atoms with Crippen molar-refractivity contribution in [1.82, 2.24) is 9.88 Å². The van der Waals surface area contributed by atoms with Crippen LogP contribution in [-0.2, 0) is 4.74 Å². The fourth-order valence-electron chi connectivity index (χ4n) is 3.48. The number of para-hydroxylation sites is 1. The van der Waals surface area contributed by atoms with Crippen LogP contribution in [0.4, 0.5) is 5.13 Å². The highest BCUT2D eigenvalue weighted by Gasteiger charge is 2.23. The lowest BCUT2D eigenvalue weighted by Crippen LogP contribution is -2.43. The molecule has 0 N–H and O–H groups in total. The summed E-state index contributed by atoms with van der Waals surface area (Å²) < 4.78 is 6.56. The zero-order valence-corrected chi connectivity index (χ0v) is 18.4. The van der Waals surface area contributed by atoms with Crippen LogP contribution >= 0.6 is 23.1 Å². The summed E-state index contributed by atoms with van der Waals surface area (Å²) >= 11 is 3.27. The number of carbonyl (C=O) groups excluding carboxylic acids is 1. The molecule has 3 aromatic rings. The van der Waals surface area contributed by atoms with Crippen LogP contribution in [0.3, 0.4) is 0 Å². The fraction of sp³-hybridized carbons (Fsp3) is 0.364. The topological polar surface area (TPSA) is 45.7 Å². The van der Waals surface area contributed by atoms with Crippen LogP contribution in [0.25, 0.3) is 10.2 Å². The lowest BCUT2D eigenvalue weighted by molar-refractivity contribution is 0.0391. The molecule has 0 radical (unpaired) electrons. The van der Waals surface area contributed by atoms with E-state index in [1.807, 2.05) is 36.1 Å². The zero-order valence-electron chi connectivity index (χ0n) is 16.8. The summed E-state index contributed by atoms with van der Waals surface area (Å²) in [5.74, 6) is 0.00622. The van der Waals surface area contributed by atoms with Crippen molar-refractivity contribution >= 4 is 44.4 Å². The molecule has 1 aliphatic heterocycles. The fourth-order valence-corrected chi connectivity index (χ4v) is 5.12. The average molecular weight is 428 g/mol. The molecule has 1 saturated heterocycles. The van der Waals surface area contributed by atoms with E-state index in [0.717, 1.165) is 58.7 Å². The molecular formula is C22H25N3O2S2. The van der Waals surface area contributed by atoms with Gasteiger partial charge in [0.1, 0.15) is 0 Å². The van der Waals surface area contributed by atoms with Crippen LogP contribution < -0.4 is 4.90 Å². The second kappa shape index (κ2) is 9.26. The number of thiazole rings is 1. The predicted octanol–water partition coefficient (Wildman–Crippen LogP) is 4.31. The number of amides is 1. The van der Waals surface area contributed by atoms with Gasteiger partial charge in [-0.25, -0.2) is 4.98 Å². The number of aryl methyl sites for hydroxylation is 1. The Labute approximate surface area is 179 Å². The normalized spacial score (nSPS) is 15.0. The second-order valence-corrected chi connectivity index (χ2v) is 8.94. The maximum Gasteiger partial charge on any atom is 0.260 e. The summed E-state index contributed by atoms with van der Waals surface area (Å²) in [6.07, 6.45) is 2.06. The van der Waals surface area contributed by atoms with Crippen molar-refractivity contribution in [2.75, 3.05) is 50.5 Å². The number of nitrogens with zero attached hydrogens (tertiary/aromatic N) is 3. The van der Waals surface area contributed by atoms with Crippen LogP contribution in [0.15, 0.2) is 47.4 Å². The van der Waals surface area contributed by atoms with E-state index < -0.39 is 0 Å². The Hall–Kier alpha value is -1.93. The molecule has 152 valence electrons. The molecule has 5 nitrogen and oxygen atoms in total. The standard InChI is InChI=1S/C22H25N3O2S2/c1-16-5-3-6-17(15-16)21(26)25(10-9-24-11-13-27-14-12-24)22-23-20-18(28-2)7-4-8-19(20)29-22/h3-8,15H,9-14H2,1-2H3. The number of benzene rings is 2. The molecule has 0 atom stereocenters. The number of morpholine rings is 1. The van der Waals surface area contributed by atoms with Gasteiger partial charge in [0, 0.05) is 36.6 Å². The Morgan fingerprint density at radius 2 is 2.03 bits per heavy atom. The van der Waals surface area contributed by atoms with E-state index in [-0.39, 0.29) is 5.91 Å². The van der Waals surface area contributed by atoms with Crippen molar-refractivity contribution in [3.63, 3.8) is 0 Å². The van der Waals surface area contributed by atoms with Crippen LogP contribution in [0.2, 0.25) is 0 Å². The number of hydrogen-bond acceptors (Lipinski definition) is 6. The predicted molar refractivity (Wildman–Crippen MR) is 122 cm³/mol. The van der Waals surface area contributed by atoms with Crippen LogP contribution in [0, 0.1) is 6.92 Å². The molecule has 1 aromatic heterocycles. The van der Waals surface area contributed by atoms with E-state index in [1.54, 1.807) is 23.1 Å².